The van der Waals surface area contributed by atoms with Gasteiger partial charge in [-0.25, -0.2) is 4.98 Å². The topological polar surface area (TPSA) is 71.2 Å². The molecule has 17 heavy (non-hydrogen) atoms. The van der Waals surface area contributed by atoms with Gasteiger partial charge in [-0.3, -0.25) is 0 Å². The van der Waals surface area contributed by atoms with Crippen LogP contribution in [0.3, 0.4) is 0 Å². The first-order valence-corrected chi connectivity index (χ1v) is 6.33. The van der Waals surface area contributed by atoms with Crippen molar-refractivity contribution in [1.29, 1.82) is 0 Å². The van der Waals surface area contributed by atoms with E-state index in [4.69, 9.17) is 17.3 Å². The van der Waals surface area contributed by atoms with Crippen molar-refractivity contribution < 1.29 is 5.11 Å². The fourth-order valence-corrected chi connectivity index (χ4v) is 2.62. The lowest BCUT2D eigenvalue weighted by Gasteiger charge is -2.37. The number of nitrogens with one attached hydrogen (secondary N) is 1. The number of nitrogens with two attached hydrogens (primary N) is 1. The van der Waals surface area contributed by atoms with Crippen molar-refractivity contribution in [2.75, 3.05) is 17.7 Å². The van der Waals surface area contributed by atoms with E-state index < -0.39 is 0 Å². The lowest BCUT2D eigenvalue weighted by atomic mass is 9.82. The summed E-state index contributed by atoms with van der Waals surface area (Å²) in [5.74, 6) is 0.644. The zero-order valence-electron chi connectivity index (χ0n) is 9.75. The number of aromatic nitrogens is 1. The van der Waals surface area contributed by atoms with Crippen LogP contribution in [0, 0.1) is 0 Å². The number of pyridine rings is 1. The molecular formula is C12H18ClN3O. The van der Waals surface area contributed by atoms with Crippen molar-refractivity contribution in [2.45, 2.75) is 37.6 Å². The molecule has 4 N–H and O–H groups in total. The molecule has 1 aliphatic rings. The molecule has 1 aromatic rings. The van der Waals surface area contributed by atoms with Crippen molar-refractivity contribution in [3.05, 3.63) is 17.3 Å². The minimum absolute atomic E-state index is 0.112. The number of nitrogen functional groups attached to an aromatic ring is 1. The van der Waals surface area contributed by atoms with Gasteiger partial charge in [0.05, 0.1) is 12.1 Å². The van der Waals surface area contributed by atoms with E-state index in [2.05, 4.69) is 10.3 Å². The fraction of sp³-hybridized carbons (Fsp3) is 0.583. The summed E-state index contributed by atoms with van der Waals surface area (Å²) in [5.41, 5.74) is 6.04. The molecule has 1 fully saturated rings. The van der Waals surface area contributed by atoms with Crippen LogP contribution in [0.2, 0.25) is 5.15 Å². The number of halogens is 1. The van der Waals surface area contributed by atoms with E-state index in [-0.39, 0.29) is 12.1 Å². The summed E-state index contributed by atoms with van der Waals surface area (Å²) in [6.07, 6.45) is 5.40. The normalized spacial score (nSPS) is 18.9. The Labute approximate surface area is 106 Å². The minimum Gasteiger partial charge on any atom is -0.399 e. The molecule has 5 heteroatoms. The van der Waals surface area contributed by atoms with Gasteiger partial charge < -0.3 is 16.2 Å². The second-order valence-corrected chi connectivity index (χ2v) is 5.12. The van der Waals surface area contributed by atoms with Gasteiger partial charge in [-0.15, -0.1) is 0 Å². The number of anilines is 2. The standard InChI is InChI=1S/C12H18ClN3O/c13-10-6-9(14)7-11(15-10)16-12(8-17)4-2-1-3-5-12/h6-7,17H,1-5,8H2,(H3,14,15,16). The van der Waals surface area contributed by atoms with Crippen molar-refractivity contribution in [2.24, 2.45) is 0 Å². The largest absolute Gasteiger partial charge is 0.399 e. The molecule has 1 saturated carbocycles. The van der Waals surface area contributed by atoms with Gasteiger partial charge in [-0.05, 0) is 18.9 Å². The van der Waals surface area contributed by atoms with Gasteiger partial charge in [0.2, 0.25) is 0 Å². The van der Waals surface area contributed by atoms with Crippen LogP contribution in [0.5, 0.6) is 0 Å². The molecule has 0 radical (unpaired) electrons. The summed E-state index contributed by atoms with van der Waals surface area (Å²) in [6, 6.07) is 3.36. The van der Waals surface area contributed by atoms with Gasteiger partial charge in [-0.1, -0.05) is 30.9 Å². The molecule has 94 valence electrons. The Hall–Kier alpha value is -1.00. The molecule has 2 rings (SSSR count). The molecule has 0 unspecified atom stereocenters. The molecule has 0 atom stereocenters. The smallest absolute Gasteiger partial charge is 0.133 e. The fourth-order valence-electron chi connectivity index (χ4n) is 2.40. The Morgan fingerprint density at radius 3 is 2.65 bits per heavy atom. The van der Waals surface area contributed by atoms with Crippen LogP contribution in [0.4, 0.5) is 11.5 Å². The van der Waals surface area contributed by atoms with Gasteiger partial charge in [-0.2, -0.15) is 0 Å². The van der Waals surface area contributed by atoms with Crippen LogP contribution in [0.1, 0.15) is 32.1 Å². The van der Waals surface area contributed by atoms with Crippen molar-refractivity contribution in [1.82, 2.24) is 4.98 Å². The zero-order chi connectivity index (χ0) is 12.3. The second kappa shape index (κ2) is 5.10. The monoisotopic (exact) mass is 255 g/mol. The van der Waals surface area contributed by atoms with Gasteiger partial charge in [0, 0.05) is 11.8 Å². The molecule has 0 spiro atoms. The molecule has 4 nitrogen and oxygen atoms in total. The summed E-state index contributed by atoms with van der Waals surface area (Å²) in [6.45, 7) is 0.112. The Morgan fingerprint density at radius 2 is 2.06 bits per heavy atom. The summed E-state index contributed by atoms with van der Waals surface area (Å²) in [7, 11) is 0. The van der Waals surface area contributed by atoms with E-state index in [1.807, 2.05) is 0 Å². The van der Waals surface area contributed by atoms with E-state index >= 15 is 0 Å². The predicted octanol–water partition coefficient (Wildman–Crippen LogP) is 2.42. The van der Waals surface area contributed by atoms with E-state index in [1.54, 1.807) is 12.1 Å². The molecule has 0 bridgehead atoms. The van der Waals surface area contributed by atoms with Gasteiger partial charge in [0.1, 0.15) is 11.0 Å². The molecule has 0 aromatic carbocycles. The lowest BCUT2D eigenvalue weighted by molar-refractivity contribution is 0.172. The number of hydrogen-bond donors (Lipinski definition) is 3. The number of aliphatic hydroxyl groups is 1. The first-order valence-electron chi connectivity index (χ1n) is 5.96. The average molecular weight is 256 g/mol. The van der Waals surface area contributed by atoms with Crippen LogP contribution in [-0.2, 0) is 0 Å². The molecule has 0 amide bonds. The van der Waals surface area contributed by atoms with Crippen molar-refractivity contribution in [3.63, 3.8) is 0 Å². The molecular weight excluding hydrogens is 238 g/mol. The molecule has 0 aliphatic heterocycles. The maximum Gasteiger partial charge on any atom is 0.133 e. The highest BCUT2D eigenvalue weighted by Gasteiger charge is 2.31. The summed E-state index contributed by atoms with van der Waals surface area (Å²) >= 11 is 5.86. The lowest BCUT2D eigenvalue weighted by Crippen LogP contribution is -2.44. The van der Waals surface area contributed by atoms with Gasteiger partial charge in [0.25, 0.3) is 0 Å². The number of rotatable bonds is 3. The van der Waals surface area contributed by atoms with Gasteiger partial charge in [0.15, 0.2) is 0 Å². The van der Waals surface area contributed by atoms with Crippen LogP contribution >= 0.6 is 11.6 Å². The van der Waals surface area contributed by atoms with Crippen molar-refractivity contribution in [3.8, 4) is 0 Å². The third-order valence-corrected chi connectivity index (χ3v) is 3.52. The van der Waals surface area contributed by atoms with E-state index in [0.29, 0.717) is 16.7 Å². The highest BCUT2D eigenvalue weighted by molar-refractivity contribution is 6.29. The molecule has 1 aliphatic carbocycles. The average Bonchev–Trinajstić information content (AvgIpc) is 2.29. The predicted molar refractivity (Wildman–Crippen MR) is 70.2 cm³/mol. The van der Waals surface area contributed by atoms with Crippen LogP contribution in [0.15, 0.2) is 12.1 Å². The van der Waals surface area contributed by atoms with Crippen LogP contribution in [0.25, 0.3) is 0 Å². The Bertz CT molecular complexity index is 371. The Kier molecular flexibility index (Phi) is 3.74. The Balaban J connectivity index is 2.17. The third-order valence-electron chi connectivity index (χ3n) is 3.32. The van der Waals surface area contributed by atoms with Gasteiger partial charge >= 0.3 is 0 Å². The zero-order valence-corrected chi connectivity index (χ0v) is 10.5. The minimum atomic E-state index is -0.262. The number of hydrogen-bond acceptors (Lipinski definition) is 4. The molecule has 1 aromatic heterocycles. The Morgan fingerprint density at radius 1 is 1.35 bits per heavy atom. The van der Waals surface area contributed by atoms with Crippen molar-refractivity contribution >= 4 is 23.1 Å². The highest BCUT2D eigenvalue weighted by Crippen LogP contribution is 2.31. The van der Waals surface area contributed by atoms with E-state index in [1.165, 1.54) is 6.42 Å². The molecule has 0 saturated heterocycles. The van der Waals surface area contributed by atoms with Crippen LogP contribution < -0.4 is 11.1 Å². The number of nitrogens with zero attached hydrogens (tertiary/aromatic N) is 1. The second-order valence-electron chi connectivity index (χ2n) is 4.73. The first-order chi connectivity index (χ1) is 8.13. The van der Waals surface area contributed by atoms with E-state index in [9.17, 15) is 5.11 Å². The third kappa shape index (κ3) is 3.01. The molecule has 1 heterocycles. The van der Waals surface area contributed by atoms with Crippen LogP contribution in [-0.4, -0.2) is 22.2 Å². The maximum absolute atomic E-state index is 9.59. The summed E-state index contributed by atoms with van der Waals surface area (Å²) in [4.78, 5) is 4.18. The SMILES string of the molecule is Nc1cc(Cl)nc(NC2(CO)CCCCC2)c1. The quantitative estimate of drug-likeness (QED) is 0.726. The van der Waals surface area contributed by atoms with E-state index in [0.717, 1.165) is 25.7 Å². The maximum atomic E-state index is 9.59. The highest BCUT2D eigenvalue weighted by atomic mass is 35.5. The summed E-state index contributed by atoms with van der Waals surface area (Å²) < 4.78 is 0. The summed E-state index contributed by atoms with van der Waals surface area (Å²) in [5, 5.41) is 13.3. The first kappa shape index (κ1) is 12.5. The number of aliphatic hydroxyl groups excluding tert-OH is 1.